The van der Waals surface area contributed by atoms with Crippen molar-refractivity contribution >= 4 is 44.6 Å². The standard InChI is InChI=1S/C22H21N3O4S2/c1-25(17-8-4-3-5-9-17)31(27,28)18-14-12-16(13-15-18)23-22(30)24-21(26)19-10-6-7-11-20(19)29-2/h3-15H,1-2H3,(H2,23,24,26,30). The number of rotatable bonds is 6. The van der Waals surface area contributed by atoms with E-state index in [9.17, 15) is 13.2 Å². The highest BCUT2D eigenvalue weighted by Gasteiger charge is 2.21. The summed E-state index contributed by atoms with van der Waals surface area (Å²) in [6.45, 7) is 0. The molecule has 2 N–H and O–H groups in total. The molecule has 7 nitrogen and oxygen atoms in total. The van der Waals surface area contributed by atoms with Crippen LogP contribution in [0.5, 0.6) is 5.75 Å². The number of nitrogens with zero attached hydrogens (tertiary/aromatic N) is 1. The van der Waals surface area contributed by atoms with E-state index >= 15 is 0 Å². The van der Waals surface area contributed by atoms with Gasteiger partial charge in [0.05, 0.1) is 23.3 Å². The van der Waals surface area contributed by atoms with Gasteiger partial charge in [-0.05, 0) is 60.7 Å². The molecule has 3 rings (SSSR count). The highest BCUT2D eigenvalue weighted by Crippen LogP contribution is 2.23. The van der Waals surface area contributed by atoms with Gasteiger partial charge in [0.25, 0.3) is 15.9 Å². The van der Waals surface area contributed by atoms with Gasteiger partial charge in [0.15, 0.2) is 5.11 Å². The summed E-state index contributed by atoms with van der Waals surface area (Å²) in [5, 5.41) is 5.53. The molecule has 0 unspecified atom stereocenters. The summed E-state index contributed by atoms with van der Waals surface area (Å²) in [5.41, 5.74) is 1.44. The maximum Gasteiger partial charge on any atom is 0.264 e. The van der Waals surface area contributed by atoms with E-state index in [1.807, 2.05) is 6.07 Å². The van der Waals surface area contributed by atoms with Gasteiger partial charge < -0.3 is 10.1 Å². The average molecular weight is 456 g/mol. The fourth-order valence-corrected chi connectivity index (χ4v) is 4.22. The average Bonchev–Trinajstić information content (AvgIpc) is 2.79. The minimum Gasteiger partial charge on any atom is -0.496 e. The second-order valence-corrected chi connectivity index (χ2v) is 8.82. The van der Waals surface area contributed by atoms with Crippen LogP contribution in [0.1, 0.15) is 10.4 Å². The maximum absolute atomic E-state index is 12.8. The first-order chi connectivity index (χ1) is 14.8. The van der Waals surface area contributed by atoms with E-state index in [-0.39, 0.29) is 10.0 Å². The molecule has 1 amide bonds. The second-order valence-electron chi connectivity index (χ2n) is 6.44. The predicted octanol–water partition coefficient (Wildman–Crippen LogP) is 3.65. The number of anilines is 2. The molecule has 3 aromatic carbocycles. The summed E-state index contributed by atoms with van der Waals surface area (Å²) < 4.78 is 32.1. The van der Waals surface area contributed by atoms with E-state index in [1.165, 1.54) is 30.6 Å². The van der Waals surface area contributed by atoms with Gasteiger partial charge in [-0.25, -0.2) is 8.42 Å². The Hall–Kier alpha value is -3.43. The number of ether oxygens (including phenoxy) is 1. The molecule has 0 aliphatic carbocycles. The highest BCUT2D eigenvalue weighted by atomic mass is 32.2. The van der Waals surface area contributed by atoms with Crippen LogP contribution in [0, 0.1) is 0 Å². The van der Waals surface area contributed by atoms with Crippen LogP contribution in [0.4, 0.5) is 11.4 Å². The number of amides is 1. The first kappa shape index (κ1) is 22.3. The van der Waals surface area contributed by atoms with Gasteiger partial charge in [0, 0.05) is 12.7 Å². The van der Waals surface area contributed by atoms with Gasteiger partial charge in [-0.1, -0.05) is 30.3 Å². The Bertz CT molecular complexity index is 1180. The number of benzene rings is 3. The Morgan fingerprint density at radius 3 is 2.19 bits per heavy atom. The molecule has 31 heavy (non-hydrogen) atoms. The molecule has 0 saturated carbocycles. The SMILES string of the molecule is COc1ccccc1C(=O)NC(=S)Nc1ccc(S(=O)(=O)N(C)c2ccccc2)cc1. The van der Waals surface area contributed by atoms with Crippen LogP contribution in [0.25, 0.3) is 0 Å². The predicted molar refractivity (Wildman–Crippen MR) is 125 cm³/mol. The minimum atomic E-state index is -3.71. The van der Waals surface area contributed by atoms with Crippen molar-refractivity contribution in [2.24, 2.45) is 0 Å². The zero-order valence-corrected chi connectivity index (χ0v) is 18.5. The molecule has 9 heteroatoms. The first-order valence-corrected chi connectivity index (χ1v) is 11.1. The van der Waals surface area contributed by atoms with Gasteiger partial charge in [-0.2, -0.15) is 0 Å². The molecule has 0 spiro atoms. The van der Waals surface area contributed by atoms with Crippen molar-refractivity contribution in [1.82, 2.24) is 5.32 Å². The third-order valence-corrected chi connectivity index (χ3v) is 6.47. The molecule has 3 aromatic rings. The van der Waals surface area contributed by atoms with Crippen LogP contribution in [-0.4, -0.2) is 33.6 Å². The van der Waals surface area contributed by atoms with Crippen molar-refractivity contribution in [2.45, 2.75) is 4.90 Å². The van der Waals surface area contributed by atoms with E-state index in [0.29, 0.717) is 22.7 Å². The van der Waals surface area contributed by atoms with E-state index in [2.05, 4.69) is 10.6 Å². The lowest BCUT2D eigenvalue weighted by Gasteiger charge is -2.19. The molecule has 0 atom stereocenters. The number of methoxy groups -OCH3 is 1. The number of hydrogen-bond donors (Lipinski definition) is 2. The molecular weight excluding hydrogens is 434 g/mol. The Labute approximate surface area is 186 Å². The summed E-state index contributed by atoms with van der Waals surface area (Å²) in [5.74, 6) is 0.0125. The van der Waals surface area contributed by atoms with Crippen LogP contribution < -0.4 is 19.7 Å². The third kappa shape index (κ3) is 5.19. The summed E-state index contributed by atoms with van der Waals surface area (Å²) in [7, 11) is -0.732. The van der Waals surface area contributed by atoms with Crippen LogP contribution in [0.3, 0.4) is 0 Å². The van der Waals surface area contributed by atoms with E-state index in [4.69, 9.17) is 17.0 Å². The van der Waals surface area contributed by atoms with Crippen LogP contribution in [-0.2, 0) is 10.0 Å². The normalized spacial score (nSPS) is 10.8. The molecule has 0 aliphatic heterocycles. The van der Waals surface area contributed by atoms with Crippen LogP contribution >= 0.6 is 12.2 Å². The van der Waals surface area contributed by atoms with E-state index in [0.717, 1.165) is 0 Å². The van der Waals surface area contributed by atoms with Crippen molar-refractivity contribution in [3.05, 3.63) is 84.4 Å². The molecule has 160 valence electrons. The minimum absolute atomic E-state index is 0.0768. The van der Waals surface area contributed by atoms with Gasteiger partial charge in [-0.3, -0.25) is 14.4 Å². The van der Waals surface area contributed by atoms with E-state index < -0.39 is 15.9 Å². The van der Waals surface area contributed by atoms with Crippen molar-refractivity contribution in [2.75, 3.05) is 23.8 Å². The fourth-order valence-electron chi connectivity index (χ4n) is 2.81. The quantitative estimate of drug-likeness (QED) is 0.552. The van der Waals surface area contributed by atoms with Gasteiger partial charge in [0.1, 0.15) is 5.75 Å². The fraction of sp³-hybridized carbons (Fsp3) is 0.0909. The third-order valence-electron chi connectivity index (χ3n) is 4.47. The molecule has 0 aromatic heterocycles. The Kier molecular flexibility index (Phi) is 6.88. The number of carbonyl (C=O) groups is 1. The van der Waals surface area contributed by atoms with Gasteiger partial charge in [-0.15, -0.1) is 0 Å². The topological polar surface area (TPSA) is 87.7 Å². The zero-order chi connectivity index (χ0) is 22.4. The molecule has 0 radical (unpaired) electrons. The van der Waals surface area contributed by atoms with E-state index in [1.54, 1.807) is 60.7 Å². The molecule has 0 fully saturated rings. The Balaban J connectivity index is 1.67. The Morgan fingerprint density at radius 2 is 1.55 bits per heavy atom. The highest BCUT2D eigenvalue weighted by molar-refractivity contribution is 7.92. The van der Waals surface area contributed by atoms with Gasteiger partial charge >= 0.3 is 0 Å². The molecule has 0 saturated heterocycles. The summed E-state index contributed by atoms with van der Waals surface area (Å²) in [6, 6.07) is 21.7. The molecular formula is C22H21N3O4S2. The summed E-state index contributed by atoms with van der Waals surface area (Å²) in [6.07, 6.45) is 0. The summed E-state index contributed by atoms with van der Waals surface area (Å²) >= 11 is 5.19. The number of thiocarbonyl (C=S) groups is 1. The van der Waals surface area contributed by atoms with Crippen molar-refractivity contribution < 1.29 is 17.9 Å². The number of nitrogens with one attached hydrogen (secondary N) is 2. The maximum atomic E-state index is 12.8. The summed E-state index contributed by atoms with van der Waals surface area (Å²) in [4.78, 5) is 12.5. The lowest BCUT2D eigenvalue weighted by Crippen LogP contribution is -2.34. The van der Waals surface area contributed by atoms with Crippen molar-refractivity contribution in [1.29, 1.82) is 0 Å². The number of para-hydroxylation sites is 2. The van der Waals surface area contributed by atoms with Crippen LogP contribution in [0.2, 0.25) is 0 Å². The molecule has 0 aliphatic rings. The van der Waals surface area contributed by atoms with Crippen LogP contribution in [0.15, 0.2) is 83.8 Å². The largest absolute Gasteiger partial charge is 0.496 e. The lowest BCUT2D eigenvalue weighted by atomic mass is 10.2. The monoisotopic (exact) mass is 455 g/mol. The Morgan fingerprint density at radius 1 is 0.935 bits per heavy atom. The lowest BCUT2D eigenvalue weighted by molar-refractivity contribution is 0.0974. The molecule has 0 heterocycles. The molecule has 0 bridgehead atoms. The zero-order valence-electron chi connectivity index (χ0n) is 16.9. The second kappa shape index (κ2) is 9.59. The smallest absolute Gasteiger partial charge is 0.264 e. The number of carbonyl (C=O) groups excluding carboxylic acids is 1. The number of hydrogen-bond acceptors (Lipinski definition) is 5. The van der Waals surface area contributed by atoms with Gasteiger partial charge in [0.2, 0.25) is 0 Å². The number of sulfonamides is 1. The van der Waals surface area contributed by atoms with Crippen molar-refractivity contribution in [3.8, 4) is 5.75 Å². The first-order valence-electron chi connectivity index (χ1n) is 9.22. The van der Waals surface area contributed by atoms with Crippen molar-refractivity contribution in [3.63, 3.8) is 0 Å².